The van der Waals surface area contributed by atoms with Gasteiger partial charge in [0, 0.05) is 13.0 Å². The van der Waals surface area contributed by atoms with E-state index in [1.165, 1.54) is 0 Å². The van der Waals surface area contributed by atoms with E-state index in [4.69, 9.17) is 0 Å². The fraction of sp³-hybridized carbons (Fsp3) is 0.800. The summed E-state index contributed by atoms with van der Waals surface area (Å²) in [5, 5.41) is 10.2. The second-order valence-electron chi connectivity index (χ2n) is 1.51. The largest absolute Gasteiger partial charge is 0.349 e. The molecule has 0 spiro atoms. The Morgan fingerprint density at radius 2 is 2.57 bits per heavy atom. The van der Waals surface area contributed by atoms with Gasteiger partial charge in [0.25, 0.3) is 0 Å². The Morgan fingerprint density at radius 1 is 1.71 bits per heavy atom. The topological polar surface area (TPSA) is 29.1 Å². The summed E-state index contributed by atoms with van der Waals surface area (Å²) in [7, 11) is 0. The molecule has 7 heavy (non-hydrogen) atoms. The molecule has 1 atom stereocenters. The maximum atomic E-state index is 10.2. The minimum Gasteiger partial charge on any atom is -0.349 e. The van der Waals surface area contributed by atoms with Crippen LogP contribution in [0, 0.1) is 6.42 Å². The van der Waals surface area contributed by atoms with E-state index in [2.05, 4.69) is 11.2 Å². The highest BCUT2D eigenvalue weighted by atomic mass is 16.6. The van der Waals surface area contributed by atoms with Gasteiger partial charge in [-0.25, -0.2) is 5.11 Å². The van der Waals surface area contributed by atoms with Crippen molar-refractivity contribution in [3.63, 3.8) is 0 Å². The molecule has 1 aliphatic heterocycles. The number of hydrogen-bond donors (Lipinski definition) is 0. The zero-order chi connectivity index (χ0) is 5.11. The minimum absolute atomic E-state index is 0.612. The van der Waals surface area contributed by atoms with Crippen LogP contribution in [-0.2, 0) is 9.84 Å². The summed E-state index contributed by atoms with van der Waals surface area (Å²) in [6.45, 7) is 0.612. The zero-order valence-corrected chi connectivity index (χ0v) is 4.02. The molecule has 1 rings (SSSR count). The van der Waals surface area contributed by atoms with Crippen molar-refractivity contribution in [2.45, 2.75) is 19.1 Å². The molecule has 0 N–H and O–H groups in total. The van der Waals surface area contributed by atoms with Crippen LogP contribution in [0.25, 0.3) is 0 Å². The van der Waals surface area contributed by atoms with Gasteiger partial charge in [0.05, 0.1) is 0 Å². The Labute approximate surface area is 43.1 Å². The van der Waals surface area contributed by atoms with Gasteiger partial charge >= 0.3 is 0 Å². The molecule has 1 aliphatic rings. The van der Waals surface area contributed by atoms with Crippen LogP contribution < -0.4 is 0 Å². The first-order valence-electron chi connectivity index (χ1n) is 2.40. The molecule has 1 heterocycles. The molecule has 1 unspecified atom stereocenters. The van der Waals surface area contributed by atoms with E-state index in [1.807, 2.05) is 0 Å². The van der Waals surface area contributed by atoms with Crippen LogP contribution in [0.1, 0.15) is 12.8 Å². The first kappa shape index (κ1) is 5.06. The molecule has 0 aromatic rings. The second-order valence-corrected chi connectivity index (χ2v) is 1.51. The van der Waals surface area contributed by atoms with Gasteiger partial charge in [-0.3, -0.25) is 0 Å². The Bertz CT molecular complexity index is 48.0. The molecule has 0 aromatic carbocycles. The molecule has 0 aliphatic carbocycles. The van der Waals surface area contributed by atoms with E-state index in [0.29, 0.717) is 6.61 Å². The van der Waals surface area contributed by atoms with Gasteiger partial charge in [0.1, 0.15) is 0 Å². The van der Waals surface area contributed by atoms with Crippen molar-refractivity contribution in [1.29, 1.82) is 0 Å². The molecule has 2 nitrogen and oxygen atoms in total. The summed E-state index contributed by atoms with van der Waals surface area (Å²) in [6.07, 6.45) is 3.40. The van der Waals surface area contributed by atoms with E-state index >= 15 is 0 Å². The van der Waals surface area contributed by atoms with E-state index in [-0.39, 0.29) is 0 Å². The Hall–Kier alpha value is -0.0800. The second kappa shape index (κ2) is 2.28. The van der Waals surface area contributed by atoms with Crippen LogP contribution in [0.15, 0.2) is 0 Å². The quantitative estimate of drug-likeness (QED) is 0.438. The predicted molar refractivity (Wildman–Crippen MR) is 22.9 cm³/mol. The lowest BCUT2D eigenvalue weighted by molar-refractivity contribution is -0.131. The summed E-state index contributed by atoms with van der Waals surface area (Å²) < 4.78 is 4.61. The lowest BCUT2D eigenvalue weighted by Crippen LogP contribution is -2.16. The summed E-state index contributed by atoms with van der Waals surface area (Å²) in [5.41, 5.74) is 0. The van der Waals surface area contributed by atoms with Crippen molar-refractivity contribution in [2.24, 2.45) is 0 Å². The maximum Gasteiger partial charge on any atom is 0.198 e. The first-order chi connectivity index (χ1) is 3.39. The normalized spacial score (nSPS) is 33.0. The zero-order valence-electron chi connectivity index (χ0n) is 4.02. The van der Waals surface area contributed by atoms with Crippen LogP contribution in [0.2, 0.25) is 0 Å². The third-order valence-electron chi connectivity index (χ3n) is 0.901. The summed E-state index contributed by atoms with van der Waals surface area (Å²) >= 11 is 0. The molecule has 0 bridgehead atoms. The van der Waals surface area contributed by atoms with Gasteiger partial charge in [-0.1, -0.05) is 0 Å². The first-order valence-corrected chi connectivity index (χ1v) is 2.40. The van der Waals surface area contributed by atoms with Gasteiger partial charge in [-0.2, -0.15) is 0 Å². The van der Waals surface area contributed by atoms with Crippen molar-refractivity contribution in [3.8, 4) is 0 Å². The standard InChI is InChI=1S/C5H7O2/c6-5-3-1-2-4-7-5/h5H,1-2,4H2. The molecule has 39 valence electrons. The number of hydrogen-bond acceptors (Lipinski definition) is 1. The number of ether oxygens (including phenoxy) is 1. The third kappa shape index (κ3) is 1.45. The lowest BCUT2D eigenvalue weighted by Gasteiger charge is -2.13. The highest BCUT2D eigenvalue weighted by Gasteiger charge is 2.10. The third-order valence-corrected chi connectivity index (χ3v) is 0.901. The maximum absolute atomic E-state index is 10.2. The van der Waals surface area contributed by atoms with Gasteiger partial charge < -0.3 is 4.74 Å². The SMILES string of the molecule is [O]C1[C]CCCO1. The van der Waals surface area contributed by atoms with Crippen LogP contribution in [0.4, 0.5) is 0 Å². The van der Waals surface area contributed by atoms with Crippen molar-refractivity contribution in [2.75, 3.05) is 6.61 Å². The monoisotopic (exact) mass is 99.0 g/mol. The van der Waals surface area contributed by atoms with Gasteiger partial charge in [-0.05, 0) is 12.8 Å². The van der Waals surface area contributed by atoms with Gasteiger partial charge in [-0.15, -0.1) is 0 Å². The Balaban J connectivity index is 2.12. The summed E-state index contributed by atoms with van der Waals surface area (Å²) in [4.78, 5) is 0. The van der Waals surface area contributed by atoms with E-state index in [0.717, 1.165) is 12.8 Å². The van der Waals surface area contributed by atoms with Crippen molar-refractivity contribution in [1.82, 2.24) is 0 Å². The van der Waals surface area contributed by atoms with Crippen molar-refractivity contribution in [3.05, 3.63) is 6.42 Å². The molecule has 1 fully saturated rings. The average molecular weight is 99.1 g/mol. The fourth-order valence-corrected chi connectivity index (χ4v) is 0.541. The van der Waals surface area contributed by atoms with E-state index < -0.39 is 6.29 Å². The Morgan fingerprint density at radius 3 is 2.86 bits per heavy atom. The van der Waals surface area contributed by atoms with Crippen molar-refractivity contribution < 1.29 is 9.84 Å². The predicted octanol–water partition coefficient (Wildman–Crippen LogP) is 0.635. The molecular formula is C5H7O2. The molecule has 0 saturated carbocycles. The summed E-state index contributed by atoms with van der Waals surface area (Å²) in [6, 6.07) is 0. The molecule has 0 amide bonds. The Kier molecular flexibility index (Phi) is 1.65. The van der Waals surface area contributed by atoms with Gasteiger partial charge in [0.15, 0.2) is 6.29 Å². The van der Waals surface area contributed by atoms with Gasteiger partial charge in [0.2, 0.25) is 0 Å². The highest BCUT2D eigenvalue weighted by molar-refractivity contribution is 4.71. The highest BCUT2D eigenvalue weighted by Crippen LogP contribution is 2.08. The molecule has 3 radical (unpaired) electrons. The minimum atomic E-state index is -0.964. The van der Waals surface area contributed by atoms with E-state index in [9.17, 15) is 5.11 Å². The number of rotatable bonds is 0. The van der Waals surface area contributed by atoms with E-state index in [1.54, 1.807) is 0 Å². The van der Waals surface area contributed by atoms with Crippen LogP contribution in [0.3, 0.4) is 0 Å². The average Bonchev–Trinajstić information content (AvgIpc) is 1.69. The van der Waals surface area contributed by atoms with Crippen LogP contribution >= 0.6 is 0 Å². The summed E-state index contributed by atoms with van der Waals surface area (Å²) in [5.74, 6) is 0. The molecule has 1 saturated heterocycles. The van der Waals surface area contributed by atoms with Crippen LogP contribution in [0.5, 0.6) is 0 Å². The van der Waals surface area contributed by atoms with Crippen LogP contribution in [-0.4, -0.2) is 12.9 Å². The fourth-order valence-electron chi connectivity index (χ4n) is 0.541. The molecule has 2 heteroatoms. The molecule has 0 aromatic heterocycles. The molecular weight excluding hydrogens is 92.1 g/mol. The van der Waals surface area contributed by atoms with Crippen molar-refractivity contribution >= 4 is 0 Å². The smallest absolute Gasteiger partial charge is 0.198 e. The lowest BCUT2D eigenvalue weighted by atomic mass is 10.2.